The summed E-state index contributed by atoms with van der Waals surface area (Å²) in [5, 5.41) is 8.03. The van der Waals surface area contributed by atoms with Crippen molar-refractivity contribution < 1.29 is 14.3 Å². The SMILES string of the molecule is O=C(COc1ccc(Cl)cc1)N[C@H](Cc1ccccc1)C(=O)NCc1cscn1. The zero-order valence-electron chi connectivity index (χ0n) is 15.5. The summed E-state index contributed by atoms with van der Waals surface area (Å²) in [4.78, 5) is 29.2. The second-order valence-corrected chi connectivity index (χ2v) is 7.41. The molecule has 0 spiro atoms. The van der Waals surface area contributed by atoms with E-state index in [0.717, 1.165) is 11.3 Å². The molecule has 0 saturated heterocycles. The van der Waals surface area contributed by atoms with Gasteiger partial charge >= 0.3 is 0 Å². The number of hydrogen-bond acceptors (Lipinski definition) is 5. The highest BCUT2D eigenvalue weighted by Crippen LogP contribution is 2.15. The average molecular weight is 430 g/mol. The molecular weight excluding hydrogens is 410 g/mol. The molecule has 0 aliphatic carbocycles. The van der Waals surface area contributed by atoms with Crippen LogP contribution in [-0.2, 0) is 22.6 Å². The molecule has 3 aromatic rings. The highest BCUT2D eigenvalue weighted by Gasteiger charge is 2.21. The summed E-state index contributed by atoms with van der Waals surface area (Å²) < 4.78 is 5.46. The van der Waals surface area contributed by atoms with Gasteiger partial charge in [0.05, 0.1) is 17.7 Å². The second-order valence-electron chi connectivity index (χ2n) is 6.25. The summed E-state index contributed by atoms with van der Waals surface area (Å²) in [6.07, 6.45) is 0.371. The third-order valence-electron chi connectivity index (χ3n) is 4.05. The van der Waals surface area contributed by atoms with Crippen LogP contribution >= 0.6 is 22.9 Å². The van der Waals surface area contributed by atoms with Gasteiger partial charge in [0.15, 0.2) is 6.61 Å². The smallest absolute Gasteiger partial charge is 0.258 e. The van der Waals surface area contributed by atoms with Crippen LogP contribution in [0.1, 0.15) is 11.3 Å². The molecule has 2 aromatic carbocycles. The maximum atomic E-state index is 12.7. The van der Waals surface area contributed by atoms with E-state index in [-0.39, 0.29) is 18.4 Å². The fourth-order valence-electron chi connectivity index (χ4n) is 2.60. The Hall–Kier alpha value is -2.90. The standard InChI is InChI=1S/C21H20ClN3O3S/c22-16-6-8-18(9-7-16)28-12-20(26)25-19(10-15-4-2-1-3-5-15)21(27)23-11-17-13-29-14-24-17/h1-9,13-14,19H,10-12H2,(H,23,27)(H,25,26)/t19-/m1/s1. The van der Waals surface area contributed by atoms with Gasteiger partial charge in [-0.2, -0.15) is 0 Å². The molecular formula is C21H20ClN3O3S. The maximum absolute atomic E-state index is 12.7. The number of ether oxygens (including phenoxy) is 1. The van der Waals surface area contributed by atoms with E-state index in [9.17, 15) is 9.59 Å². The summed E-state index contributed by atoms with van der Waals surface area (Å²) in [6.45, 7) is 0.108. The van der Waals surface area contributed by atoms with Gasteiger partial charge in [-0.3, -0.25) is 9.59 Å². The number of hydrogen-bond donors (Lipinski definition) is 2. The van der Waals surface area contributed by atoms with Gasteiger partial charge in [-0.1, -0.05) is 41.9 Å². The topological polar surface area (TPSA) is 80.3 Å². The van der Waals surface area contributed by atoms with E-state index < -0.39 is 6.04 Å². The van der Waals surface area contributed by atoms with E-state index in [1.807, 2.05) is 35.7 Å². The van der Waals surface area contributed by atoms with Crippen molar-refractivity contribution in [2.45, 2.75) is 19.0 Å². The quantitative estimate of drug-likeness (QED) is 0.547. The van der Waals surface area contributed by atoms with Gasteiger partial charge in [0.2, 0.25) is 5.91 Å². The van der Waals surface area contributed by atoms with Crippen LogP contribution in [0.3, 0.4) is 0 Å². The van der Waals surface area contributed by atoms with E-state index in [2.05, 4.69) is 15.6 Å². The monoisotopic (exact) mass is 429 g/mol. The minimum atomic E-state index is -0.725. The Kier molecular flexibility index (Phi) is 7.61. The van der Waals surface area contributed by atoms with E-state index in [4.69, 9.17) is 16.3 Å². The Morgan fingerprint density at radius 1 is 1.10 bits per heavy atom. The van der Waals surface area contributed by atoms with Gasteiger partial charge in [-0.25, -0.2) is 4.98 Å². The lowest BCUT2D eigenvalue weighted by Crippen LogP contribution is -2.49. The van der Waals surface area contributed by atoms with E-state index in [0.29, 0.717) is 23.7 Å². The summed E-state index contributed by atoms with van der Waals surface area (Å²) in [5.74, 6) is -0.136. The highest BCUT2D eigenvalue weighted by atomic mass is 35.5. The molecule has 1 atom stereocenters. The fourth-order valence-corrected chi connectivity index (χ4v) is 3.28. The first-order valence-corrected chi connectivity index (χ1v) is 10.3. The molecule has 0 unspecified atom stereocenters. The first-order chi connectivity index (χ1) is 14.1. The summed E-state index contributed by atoms with van der Waals surface area (Å²) in [6, 6.07) is 15.5. The second kappa shape index (κ2) is 10.6. The number of benzene rings is 2. The number of carbonyl (C=O) groups excluding carboxylic acids is 2. The van der Waals surface area contributed by atoms with Crippen molar-refractivity contribution >= 4 is 34.8 Å². The highest BCUT2D eigenvalue weighted by molar-refractivity contribution is 7.07. The van der Waals surface area contributed by atoms with Crippen molar-refractivity contribution in [1.29, 1.82) is 0 Å². The minimum Gasteiger partial charge on any atom is -0.484 e. The van der Waals surface area contributed by atoms with Crippen LogP contribution in [0, 0.1) is 0 Å². The fraction of sp³-hybridized carbons (Fsp3) is 0.190. The number of amides is 2. The Morgan fingerprint density at radius 3 is 2.55 bits per heavy atom. The van der Waals surface area contributed by atoms with E-state index in [1.54, 1.807) is 29.8 Å². The first-order valence-electron chi connectivity index (χ1n) is 8.96. The van der Waals surface area contributed by atoms with Crippen LogP contribution in [0.15, 0.2) is 65.5 Å². The molecule has 29 heavy (non-hydrogen) atoms. The van der Waals surface area contributed by atoms with Crippen molar-refractivity contribution in [2.75, 3.05) is 6.61 Å². The van der Waals surface area contributed by atoms with Crippen LogP contribution in [0.4, 0.5) is 0 Å². The summed E-state index contributed by atoms with van der Waals surface area (Å²) in [7, 11) is 0. The molecule has 2 N–H and O–H groups in total. The van der Waals surface area contributed by atoms with E-state index >= 15 is 0 Å². The average Bonchev–Trinajstić information content (AvgIpc) is 3.25. The minimum absolute atomic E-state index is 0.202. The zero-order chi connectivity index (χ0) is 20.5. The Morgan fingerprint density at radius 2 is 1.86 bits per heavy atom. The molecule has 3 rings (SSSR count). The molecule has 0 aliphatic heterocycles. The number of aromatic nitrogens is 1. The van der Waals surface area contributed by atoms with Gasteiger partial charge in [-0.15, -0.1) is 11.3 Å². The molecule has 150 valence electrons. The lowest BCUT2D eigenvalue weighted by molar-refractivity contribution is -0.130. The van der Waals surface area contributed by atoms with Crippen LogP contribution in [0.2, 0.25) is 5.02 Å². The van der Waals surface area contributed by atoms with Gasteiger partial charge in [0.25, 0.3) is 5.91 Å². The third kappa shape index (κ3) is 6.89. The third-order valence-corrected chi connectivity index (χ3v) is 4.93. The Bertz CT molecular complexity index is 918. The molecule has 0 aliphatic rings. The van der Waals surface area contributed by atoms with Crippen molar-refractivity contribution in [3.05, 3.63) is 81.8 Å². The lowest BCUT2D eigenvalue weighted by atomic mass is 10.1. The van der Waals surface area contributed by atoms with Crippen molar-refractivity contribution in [3.8, 4) is 5.75 Å². The predicted octanol–water partition coefficient (Wildman–Crippen LogP) is 3.22. The normalized spacial score (nSPS) is 11.5. The van der Waals surface area contributed by atoms with Gasteiger partial charge < -0.3 is 15.4 Å². The number of rotatable bonds is 9. The van der Waals surface area contributed by atoms with Crippen LogP contribution in [0.25, 0.3) is 0 Å². The number of thiazole rings is 1. The lowest BCUT2D eigenvalue weighted by Gasteiger charge is -2.18. The molecule has 0 saturated carbocycles. The number of carbonyl (C=O) groups is 2. The van der Waals surface area contributed by atoms with Crippen molar-refractivity contribution in [1.82, 2.24) is 15.6 Å². The first kappa shape index (κ1) is 20.8. The summed E-state index contributed by atoms with van der Waals surface area (Å²) >= 11 is 7.30. The van der Waals surface area contributed by atoms with Gasteiger partial charge in [0.1, 0.15) is 11.8 Å². The van der Waals surface area contributed by atoms with Crippen molar-refractivity contribution in [3.63, 3.8) is 0 Å². The van der Waals surface area contributed by atoms with Gasteiger partial charge in [-0.05, 0) is 29.8 Å². The van der Waals surface area contributed by atoms with Gasteiger partial charge in [0, 0.05) is 16.8 Å². The molecule has 1 aromatic heterocycles. The van der Waals surface area contributed by atoms with Crippen molar-refractivity contribution in [2.24, 2.45) is 0 Å². The number of nitrogens with zero attached hydrogens (tertiary/aromatic N) is 1. The molecule has 0 fully saturated rings. The molecule has 6 nitrogen and oxygen atoms in total. The Labute approximate surface area is 177 Å². The molecule has 1 heterocycles. The molecule has 0 bridgehead atoms. The largest absolute Gasteiger partial charge is 0.484 e. The number of halogens is 1. The summed E-state index contributed by atoms with van der Waals surface area (Å²) in [5.41, 5.74) is 3.43. The van der Waals surface area contributed by atoms with E-state index in [1.165, 1.54) is 11.3 Å². The van der Waals surface area contributed by atoms with Crippen LogP contribution in [-0.4, -0.2) is 29.4 Å². The van der Waals surface area contributed by atoms with Crippen LogP contribution < -0.4 is 15.4 Å². The zero-order valence-corrected chi connectivity index (χ0v) is 17.1. The predicted molar refractivity (Wildman–Crippen MR) is 113 cm³/mol. The Balaban J connectivity index is 1.59. The molecule has 8 heteroatoms. The molecule has 0 radical (unpaired) electrons. The maximum Gasteiger partial charge on any atom is 0.258 e. The molecule has 2 amide bonds. The number of nitrogens with one attached hydrogen (secondary N) is 2. The van der Waals surface area contributed by atoms with Crippen LogP contribution in [0.5, 0.6) is 5.75 Å².